The van der Waals surface area contributed by atoms with Crippen LogP contribution in [0.15, 0.2) is 16.9 Å². The van der Waals surface area contributed by atoms with Crippen molar-refractivity contribution in [1.29, 1.82) is 5.26 Å². The largest absolute Gasteiger partial charge is 0.478 e. The van der Waals surface area contributed by atoms with Crippen LogP contribution in [-0.4, -0.2) is 21.0 Å². The second-order valence-corrected chi connectivity index (χ2v) is 3.58. The first-order valence-corrected chi connectivity index (χ1v) is 4.74. The predicted molar refractivity (Wildman–Crippen MR) is 55.5 cm³/mol. The molecule has 0 amide bonds. The molecule has 0 spiro atoms. The zero-order chi connectivity index (χ0) is 11.0. The number of nitrogens with one attached hydrogen (secondary N) is 1. The average molecular weight is 266 g/mol. The van der Waals surface area contributed by atoms with E-state index in [4.69, 9.17) is 10.4 Å². The van der Waals surface area contributed by atoms with Crippen LogP contribution in [0.2, 0.25) is 0 Å². The Morgan fingerprint density at radius 2 is 2.33 bits per heavy atom. The molecule has 2 N–H and O–H groups in total. The van der Waals surface area contributed by atoms with Gasteiger partial charge in [-0.3, -0.25) is 0 Å². The van der Waals surface area contributed by atoms with Crippen molar-refractivity contribution in [3.63, 3.8) is 0 Å². The Bertz CT molecular complexity index is 597. The number of H-pyrrole nitrogens is 1. The standard InChI is InChI=1S/C9H4BrN3O2/c10-9-12-6-4(3-11)1-2-5(8(14)15)7(6)13-9/h1-2H,(H,12,13)(H,14,15). The summed E-state index contributed by atoms with van der Waals surface area (Å²) < 4.78 is 0.405. The Morgan fingerprint density at radius 3 is 2.93 bits per heavy atom. The van der Waals surface area contributed by atoms with Crippen molar-refractivity contribution in [2.75, 3.05) is 0 Å². The fourth-order valence-corrected chi connectivity index (χ4v) is 1.70. The molecular formula is C9H4BrN3O2. The summed E-state index contributed by atoms with van der Waals surface area (Å²) in [7, 11) is 0. The van der Waals surface area contributed by atoms with Gasteiger partial charge in [0.1, 0.15) is 11.6 Å². The molecule has 0 fully saturated rings. The number of carboxylic acids is 1. The molecule has 1 aromatic heterocycles. The lowest BCUT2D eigenvalue weighted by atomic mass is 10.1. The molecular weight excluding hydrogens is 262 g/mol. The summed E-state index contributed by atoms with van der Waals surface area (Å²) in [5.41, 5.74) is 1.16. The SMILES string of the molecule is N#Cc1ccc(C(=O)O)c2nc(Br)[nH]c12. The molecule has 74 valence electrons. The Hall–Kier alpha value is -1.87. The molecule has 1 heterocycles. The van der Waals surface area contributed by atoms with Gasteiger partial charge in [0.05, 0.1) is 16.6 Å². The van der Waals surface area contributed by atoms with Gasteiger partial charge in [-0.1, -0.05) is 0 Å². The Morgan fingerprint density at radius 1 is 1.60 bits per heavy atom. The van der Waals surface area contributed by atoms with Gasteiger partial charge in [0.2, 0.25) is 0 Å². The van der Waals surface area contributed by atoms with E-state index in [1.165, 1.54) is 12.1 Å². The smallest absolute Gasteiger partial charge is 0.337 e. The van der Waals surface area contributed by atoms with Gasteiger partial charge in [0, 0.05) is 0 Å². The molecule has 2 aromatic rings. The molecule has 15 heavy (non-hydrogen) atoms. The fraction of sp³-hybridized carbons (Fsp3) is 0. The van der Waals surface area contributed by atoms with E-state index in [1.54, 1.807) is 0 Å². The Labute approximate surface area is 92.5 Å². The summed E-state index contributed by atoms with van der Waals surface area (Å²) in [5, 5.41) is 17.7. The monoisotopic (exact) mass is 265 g/mol. The molecule has 0 saturated heterocycles. The van der Waals surface area contributed by atoms with Gasteiger partial charge in [-0.15, -0.1) is 0 Å². The van der Waals surface area contributed by atoms with Gasteiger partial charge in [0.15, 0.2) is 4.73 Å². The fourth-order valence-electron chi connectivity index (χ4n) is 1.33. The van der Waals surface area contributed by atoms with Gasteiger partial charge in [-0.05, 0) is 28.1 Å². The van der Waals surface area contributed by atoms with Crippen molar-refractivity contribution in [1.82, 2.24) is 9.97 Å². The number of nitrogens with zero attached hydrogens (tertiary/aromatic N) is 2. The third-order valence-electron chi connectivity index (χ3n) is 1.97. The number of aromatic amines is 1. The van der Waals surface area contributed by atoms with Crippen molar-refractivity contribution in [3.05, 3.63) is 28.0 Å². The molecule has 2 rings (SSSR count). The highest BCUT2D eigenvalue weighted by molar-refractivity contribution is 9.10. The maximum Gasteiger partial charge on any atom is 0.337 e. The Balaban J connectivity index is 2.90. The molecule has 0 aliphatic rings. The van der Waals surface area contributed by atoms with Crippen molar-refractivity contribution in [3.8, 4) is 6.07 Å². The normalized spacial score (nSPS) is 10.1. The highest BCUT2D eigenvalue weighted by Crippen LogP contribution is 2.22. The lowest BCUT2D eigenvalue weighted by molar-refractivity contribution is 0.0699. The maximum atomic E-state index is 10.9. The second kappa shape index (κ2) is 3.37. The molecule has 0 radical (unpaired) electrons. The van der Waals surface area contributed by atoms with Crippen LogP contribution in [0.1, 0.15) is 15.9 Å². The van der Waals surface area contributed by atoms with E-state index in [0.29, 0.717) is 15.8 Å². The number of benzene rings is 1. The number of aromatic nitrogens is 2. The lowest BCUT2D eigenvalue weighted by Gasteiger charge is -1.96. The number of fused-ring (bicyclic) bond motifs is 1. The number of carboxylic acid groups (broad SMARTS) is 1. The van der Waals surface area contributed by atoms with Crippen molar-refractivity contribution in [2.45, 2.75) is 0 Å². The molecule has 0 unspecified atom stereocenters. The number of aromatic carboxylic acids is 1. The summed E-state index contributed by atoms with van der Waals surface area (Å²) in [5.74, 6) is -1.07. The third kappa shape index (κ3) is 1.47. The molecule has 6 heteroatoms. The molecule has 0 aliphatic heterocycles. The van der Waals surface area contributed by atoms with Crippen LogP contribution >= 0.6 is 15.9 Å². The quantitative estimate of drug-likeness (QED) is 0.824. The van der Waals surface area contributed by atoms with E-state index in [9.17, 15) is 4.79 Å². The average Bonchev–Trinajstić information content (AvgIpc) is 2.56. The topological polar surface area (TPSA) is 89.8 Å². The Kier molecular flexibility index (Phi) is 2.17. The van der Waals surface area contributed by atoms with Crippen LogP contribution in [0.5, 0.6) is 0 Å². The predicted octanol–water partition coefficient (Wildman–Crippen LogP) is 1.90. The van der Waals surface area contributed by atoms with E-state index in [0.717, 1.165) is 0 Å². The minimum Gasteiger partial charge on any atom is -0.478 e. The first kappa shape index (κ1) is 9.68. The van der Waals surface area contributed by atoms with Gasteiger partial charge < -0.3 is 10.1 Å². The number of carbonyl (C=O) groups is 1. The maximum absolute atomic E-state index is 10.9. The van der Waals surface area contributed by atoms with E-state index in [1.807, 2.05) is 6.07 Å². The summed E-state index contributed by atoms with van der Waals surface area (Å²) in [6, 6.07) is 4.79. The number of hydrogen-bond acceptors (Lipinski definition) is 3. The van der Waals surface area contributed by atoms with Gasteiger partial charge in [-0.25, -0.2) is 9.78 Å². The molecule has 1 aromatic carbocycles. The third-order valence-corrected chi connectivity index (χ3v) is 2.34. The van der Waals surface area contributed by atoms with Gasteiger partial charge in [-0.2, -0.15) is 5.26 Å². The van der Waals surface area contributed by atoms with E-state index >= 15 is 0 Å². The van der Waals surface area contributed by atoms with Crippen LogP contribution in [-0.2, 0) is 0 Å². The minimum absolute atomic E-state index is 0.0750. The first-order valence-electron chi connectivity index (χ1n) is 3.95. The van der Waals surface area contributed by atoms with Crippen molar-refractivity contribution >= 4 is 32.9 Å². The summed E-state index contributed by atoms with van der Waals surface area (Å²) in [6.45, 7) is 0. The molecule has 0 bridgehead atoms. The molecule has 0 aliphatic carbocycles. The summed E-state index contributed by atoms with van der Waals surface area (Å²) in [6.07, 6.45) is 0. The summed E-state index contributed by atoms with van der Waals surface area (Å²) in [4.78, 5) is 17.6. The number of rotatable bonds is 1. The summed E-state index contributed by atoms with van der Waals surface area (Å²) >= 11 is 3.10. The van der Waals surface area contributed by atoms with Crippen molar-refractivity contribution in [2.24, 2.45) is 0 Å². The van der Waals surface area contributed by atoms with E-state index in [-0.39, 0.29) is 11.1 Å². The van der Waals surface area contributed by atoms with Crippen LogP contribution in [0.3, 0.4) is 0 Å². The van der Waals surface area contributed by atoms with E-state index in [2.05, 4.69) is 25.9 Å². The highest BCUT2D eigenvalue weighted by atomic mass is 79.9. The first-order chi connectivity index (χ1) is 7.13. The second-order valence-electron chi connectivity index (χ2n) is 2.83. The number of halogens is 1. The highest BCUT2D eigenvalue weighted by Gasteiger charge is 2.14. The van der Waals surface area contributed by atoms with Gasteiger partial charge >= 0.3 is 5.97 Å². The number of hydrogen-bond donors (Lipinski definition) is 2. The van der Waals surface area contributed by atoms with Crippen LogP contribution in [0, 0.1) is 11.3 Å². The van der Waals surface area contributed by atoms with Gasteiger partial charge in [0.25, 0.3) is 0 Å². The lowest BCUT2D eigenvalue weighted by Crippen LogP contribution is -1.98. The molecule has 0 atom stereocenters. The van der Waals surface area contributed by atoms with Crippen molar-refractivity contribution < 1.29 is 9.90 Å². The number of imidazole rings is 1. The van der Waals surface area contributed by atoms with Crippen LogP contribution in [0.25, 0.3) is 11.0 Å². The van der Waals surface area contributed by atoms with Crippen LogP contribution in [0.4, 0.5) is 0 Å². The zero-order valence-corrected chi connectivity index (χ0v) is 8.87. The van der Waals surface area contributed by atoms with Crippen LogP contribution < -0.4 is 0 Å². The molecule has 0 saturated carbocycles. The minimum atomic E-state index is -1.07. The molecule has 5 nitrogen and oxygen atoms in total. The zero-order valence-electron chi connectivity index (χ0n) is 7.28. The number of nitriles is 1. The van der Waals surface area contributed by atoms with E-state index < -0.39 is 5.97 Å².